The monoisotopic (exact) mass is 409 g/mol. The Kier molecular flexibility index (Phi) is 5.48. The number of anilines is 2. The topological polar surface area (TPSA) is 84.2 Å². The molecule has 1 aliphatic heterocycles. The number of hydrogen-bond donors (Lipinski definition) is 1. The van der Waals surface area contributed by atoms with Crippen molar-refractivity contribution in [2.24, 2.45) is 0 Å². The van der Waals surface area contributed by atoms with Crippen LogP contribution in [0.4, 0.5) is 15.9 Å². The highest BCUT2D eigenvalue weighted by Gasteiger charge is 2.26. The third kappa shape index (κ3) is 4.17. The summed E-state index contributed by atoms with van der Waals surface area (Å²) in [7, 11) is 0. The quantitative estimate of drug-likeness (QED) is 0.689. The van der Waals surface area contributed by atoms with E-state index in [1.54, 1.807) is 19.1 Å². The zero-order valence-corrected chi connectivity index (χ0v) is 17.3. The molecule has 2 aromatic heterocycles. The molecule has 156 valence electrons. The molecule has 8 heteroatoms. The molecule has 7 nitrogen and oxygen atoms in total. The van der Waals surface area contributed by atoms with Gasteiger partial charge >= 0.3 is 0 Å². The maximum Gasteiger partial charge on any atom is 0.219 e. The predicted molar refractivity (Wildman–Crippen MR) is 111 cm³/mol. The van der Waals surface area contributed by atoms with Crippen LogP contribution >= 0.6 is 0 Å². The minimum atomic E-state index is -0.329. The third-order valence-electron chi connectivity index (χ3n) is 5.36. The molecule has 1 atom stereocenters. The van der Waals surface area contributed by atoms with Crippen molar-refractivity contribution in [3.8, 4) is 11.3 Å². The summed E-state index contributed by atoms with van der Waals surface area (Å²) in [5.74, 6) is 1.63. The molecule has 0 radical (unpaired) electrons. The molecule has 0 saturated carbocycles. The Morgan fingerprint density at radius 3 is 2.80 bits per heavy atom. The molecule has 1 saturated heterocycles. The van der Waals surface area contributed by atoms with Crippen molar-refractivity contribution in [3.05, 3.63) is 53.4 Å². The summed E-state index contributed by atoms with van der Waals surface area (Å²) < 4.78 is 19.0. The first-order valence-electron chi connectivity index (χ1n) is 10.0. The first-order chi connectivity index (χ1) is 14.4. The number of aryl methyl sites for hydroxylation is 2. The van der Waals surface area contributed by atoms with E-state index in [1.807, 2.05) is 24.8 Å². The summed E-state index contributed by atoms with van der Waals surface area (Å²) >= 11 is 0. The van der Waals surface area contributed by atoms with E-state index >= 15 is 0 Å². The van der Waals surface area contributed by atoms with Crippen LogP contribution in [-0.4, -0.2) is 39.0 Å². The molecule has 1 N–H and O–H groups in total. The van der Waals surface area contributed by atoms with Crippen LogP contribution in [0.3, 0.4) is 0 Å². The molecule has 1 aromatic carbocycles. The maximum absolute atomic E-state index is 13.6. The largest absolute Gasteiger partial charge is 0.361 e. The molecule has 30 heavy (non-hydrogen) atoms. The van der Waals surface area contributed by atoms with Gasteiger partial charge < -0.3 is 14.7 Å². The van der Waals surface area contributed by atoms with Crippen LogP contribution in [0.2, 0.25) is 0 Å². The molecule has 3 aromatic rings. The fraction of sp³-hybridized carbons (Fsp3) is 0.364. The van der Waals surface area contributed by atoms with E-state index in [0.29, 0.717) is 35.3 Å². The number of rotatable bonds is 4. The average Bonchev–Trinajstić information content (AvgIpc) is 3.06. The molecule has 1 unspecified atom stereocenters. The van der Waals surface area contributed by atoms with E-state index in [2.05, 4.69) is 10.5 Å². The van der Waals surface area contributed by atoms with Crippen molar-refractivity contribution < 1.29 is 13.7 Å². The second-order valence-electron chi connectivity index (χ2n) is 7.64. The summed E-state index contributed by atoms with van der Waals surface area (Å²) in [5, 5.41) is 7.21. The minimum Gasteiger partial charge on any atom is -0.361 e. The number of carbonyl (C=O) groups is 1. The number of nitrogens with one attached hydrogen (secondary N) is 1. The molecule has 0 bridgehead atoms. The lowest BCUT2D eigenvalue weighted by atomic mass is 9.96. The van der Waals surface area contributed by atoms with Gasteiger partial charge in [0.2, 0.25) is 5.91 Å². The normalized spacial score (nSPS) is 16.5. The van der Waals surface area contributed by atoms with Gasteiger partial charge in [0.15, 0.2) is 0 Å². The Balaban J connectivity index is 1.75. The molecule has 0 aliphatic carbocycles. The van der Waals surface area contributed by atoms with Crippen LogP contribution in [0.1, 0.15) is 43.0 Å². The predicted octanol–water partition coefficient (Wildman–Crippen LogP) is 4.36. The van der Waals surface area contributed by atoms with Crippen LogP contribution in [0.5, 0.6) is 0 Å². The number of likely N-dealkylation sites (tertiary alicyclic amines) is 1. The maximum atomic E-state index is 13.6. The third-order valence-corrected chi connectivity index (χ3v) is 5.36. The lowest BCUT2D eigenvalue weighted by Gasteiger charge is -2.31. The summed E-state index contributed by atoms with van der Waals surface area (Å²) in [6, 6.07) is 8.03. The van der Waals surface area contributed by atoms with Gasteiger partial charge in [0.1, 0.15) is 23.2 Å². The van der Waals surface area contributed by atoms with Gasteiger partial charge in [0.25, 0.3) is 0 Å². The second-order valence-corrected chi connectivity index (χ2v) is 7.64. The number of hydrogen-bond acceptors (Lipinski definition) is 6. The summed E-state index contributed by atoms with van der Waals surface area (Å²) in [6.07, 6.45) is 1.80. The SMILES string of the molecule is CC(=O)N1CCCC(c2nc(Nc3cccc(F)c3)cc(-c3c(C)noc3C)n2)C1. The van der Waals surface area contributed by atoms with Crippen LogP contribution in [0, 0.1) is 19.7 Å². The molecule has 1 amide bonds. The zero-order chi connectivity index (χ0) is 21.3. The molecule has 0 spiro atoms. The smallest absolute Gasteiger partial charge is 0.219 e. The number of nitrogens with zero attached hydrogens (tertiary/aromatic N) is 4. The van der Waals surface area contributed by atoms with Gasteiger partial charge in [-0.05, 0) is 44.9 Å². The highest BCUT2D eigenvalue weighted by molar-refractivity contribution is 5.73. The van der Waals surface area contributed by atoms with Crippen molar-refractivity contribution in [3.63, 3.8) is 0 Å². The Hall–Kier alpha value is -3.29. The number of piperidine rings is 1. The lowest BCUT2D eigenvalue weighted by Crippen LogP contribution is -2.38. The number of amides is 1. The van der Waals surface area contributed by atoms with E-state index in [4.69, 9.17) is 14.5 Å². The molecule has 4 rings (SSSR count). The Morgan fingerprint density at radius 1 is 1.27 bits per heavy atom. The van der Waals surface area contributed by atoms with Gasteiger partial charge in [0.05, 0.1) is 17.0 Å². The van der Waals surface area contributed by atoms with Gasteiger partial charge in [-0.2, -0.15) is 0 Å². The fourth-order valence-electron chi connectivity index (χ4n) is 3.88. The van der Waals surface area contributed by atoms with Gasteiger partial charge in [-0.25, -0.2) is 14.4 Å². The van der Waals surface area contributed by atoms with Crippen molar-refractivity contribution in [2.45, 2.75) is 39.5 Å². The summed E-state index contributed by atoms with van der Waals surface area (Å²) in [5.41, 5.74) is 2.84. The number of benzene rings is 1. The lowest BCUT2D eigenvalue weighted by molar-refractivity contribution is -0.130. The van der Waals surface area contributed by atoms with E-state index in [9.17, 15) is 9.18 Å². The van der Waals surface area contributed by atoms with Crippen molar-refractivity contribution in [1.82, 2.24) is 20.0 Å². The standard InChI is InChI=1S/C22H24FN5O2/c1-13-21(14(2)30-27-13)19-11-20(24-18-8-4-7-17(23)10-18)26-22(25-19)16-6-5-9-28(12-16)15(3)29/h4,7-8,10-11,16H,5-6,9,12H2,1-3H3,(H,24,25,26). The number of halogens is 1. The fourth-order valence-corrected chi connectivity index (χ4v) is 3.88. The van der Waals surface area contributed by atoms with Gasteiger partial charge in [-0.3, -0.25) is 4.79 Å². The Bertz CT molecular complexity index is 1060. The van der Waals surface area contributed by atoms with Crippen molar-refractivity contribution in [2.75, 3.05) is 18.4 Å². The second kappa shape index (κ2) is 8.22. The van der Waals surface area contributed by atoms with Crippen molar-refractivity contribution in [1.29, 1.82) is 0 Å². The van der Waals surface area contributed by atoms with Crippen LogP contribution in [0.15, 0.2) is 34.9 Å². The Morgan fingerprint density at radius 2 is 2.10 bits per heavy atom. The molecule has 1 aliphatic rings. The van der Waals surface area contributed by atoms with Gasteiger partial charge in [-0.1, -0.05) is 11.2 Å². The average molecular weight is 409 g/mol. The summed E-state index contributed by atoms with van der Waals surface area (Å²) in [6.45, 7) is 6.63. The molecule has 1 fully saturated rings. The number of aromatic nitrogens is 3. The minimum absolute atomic E-state index is 0.0242. The first-order valence-corrected chi connectivity index (χ1v) is 10.0. The molecular formula is C22H24FN5O2. The highest BCUT2D eigenvalue weighted by Crippen LogP contribution is 2.31. The van der Waals surface area contributed by atoms with Gasteiger partial charge in [-0.15, -0.1) is 0 Å². The zero-order valence-electron chi connectivity index (χ0n) is 17.3. The van der Waals surface area contributed by atoms with E-state index in [0.717, 1.165) is 30.6 Å². The first kappa shape index (κ1) is 20.0. The van der Waals surface area contributed by atoms with Crippen molar-refractivity contribution >= 4 is 17.4 Å². The van der Waals surface area contributed by atoms with Gasteiger partial charge in [0, 0.05) is 37.7 Å². The molecule has 3 heterocycles. The van der Waals surface area contributed by atoms with Crippen LogP contribution in [-0.2, 0) is 4.79 Å². The van der Waals surface area contributed by atoms with Crippen LogP contribution in [0.25, 0.3) is 11.3 Å². The summed E-state index contributed by atoms with van der Waals surface area (Å²) in [4.78, 5) is 23.2. The van der Waals surface area contributed by atoms with Crippen LogP contribution < -0.4 is 5.32 Å². The van der Waals surface area contributed by atoms with E-state index in [1.165, 1.54) is 12.1 Å². The highest BCUT2D eigenvalue weighted by atomic mass is 19.1. The number of carbonyl (C=O) groups excluding carboxylic acids is 1. The van der Waals surface area contributed by atoms with E-state index in [-0.39, 0.29) is 17.6 Å². The van der Waals surface area contributed by atoms with E-state index < -0.39 is 0 Å². The molecular weight excluding hydrogens is 385 g/mol. The Labute approximate surface area is 174 Å².